The third kappa shape index (κ3) is 5.16. The van der Waals surface area contributed by atoms with E-state index in [9.17, 15) is 0 Å². The number of hydrogen-bond acceptors (Lipinski definition) is 3. The maximum absolute atomic E-state index is 5.75. The Balaban J connectivity index is 0.00000196. The van der Waals surface area contributed by atoms with Crippen molar-refractivity contribution < 1.29 is 4.74 Å². The van der Waals surface area contributed by atoms with Gasteiger partial charge in [0.1, 0.15) is 0 Å². The van der Waals surface area contributed by atoms with Gasteiger partial charge in [-0.25, -0.2) is 0 Å². The minimum atomic E-state index is 0. The van der Waals surface area contributed by atoms with Crippen LogP contribution >= 0.6 is 12.4 Å². The quantitative estimate of drug-likeness (QED) is 0.787. The molecule has 0 aromatic heterocycles. The van der Waals surface area contributed by atoms with Gasteiger partial charge in [-0.3, -0.25) is 0 Å². The molecule has 0 radical (unpaired) electrons. The zero-order valence-corrected chi connectivity index (χ0v) is 11.0. The highest BCUT2D eigenvalue weighted by molar-refractivity contribution is 5.85. The first-order valence-corrected chi connectivity index (χ1v) is 5.60. The van der Waals surface area contributed by atoms with E-state index in [1.165, 1.54) is 13.0 Å². The number of likely N-dealkylation sites (tertiary alicyclic amines) is 1. The van der Waals surface area contributed by atoms with Gasteiger partial charge in [-0.05, 0) is 38.8 Å². The van der Waals surface area contributed by atoms with Crippen LogP contribution in [0, 0.1) is 5.41 Å². The largest absolute Gasteiger partial charge is 0.377 e. The van der Waals surface area contributed by atoms with Gasteiger partial charge in [0.25, 0.3) is 0 Å². The zero-order valence-electron chi connectivity index (χ0n) is 10.2. The number of nitrogens with zero attached hydrogens (tertiary/aromatic N) is 1. The third-order valence-electron chi connectivity index (χ3n) is 2.99. The Kier molecular flexibility index (Phi) is 6.76. The molecule has 4 heteroatoms. The average Bonchev–Trinajstić information content (AvgIpc) is 2.48. The highest BCUT2D eigenvalue weighted by Crippen LogP contribution is 2.27. The molecule has 92 valence electrons. The molecule has 1 heterocycles. The molecular formula is C11H25ClN2O. The Morgan fingerprint density at radius 1 is 1.47 bits per heavy atom. The van der Waals surface area contributed by atoms with E-state index in [-0.39, 0.29) is 12.4 Å². The van der Waals surface area contributed by atoms with Crippen LogP contribution in [0.2, 0.25) is 0 Å². The molecule has 0 aromatic carbocycles. The molecule has 1 fully saturated rings. The van der Waals surface area contributed by atoms with Crippen molar-refractivity contribution in [2.75, 3.05) is 32.8 Å². The van der Waals surface area contributed by atoms with E-state index >= 15 is 0 Å². The number of rotatable bonds is 5. The van der Waals surface area contributed by atoms with Gasteiger partial charge in [0.15, 0.2) is 0 Å². The van der Waals surface area contributed by atoms with Crippen LogP contribution in [0.4, 0.5) is 0 Å². The van der Waals surface area contributed by atoms with Crippen molar-refractivity contribution >= 4 is 12.4 Å². The van der Waals surface area contributed by atoms with Crippen LogP contribution in [0.15, 0.2) is 0 Å². The highest BCUT2D eigenvalue weighted by Gasteiger charge is 2.31. The summed E-state index contributed by atoms with van der Waals surface area (Å²) in [5, 5.41) is 0. The molecule has 0 bridgehead atoms. The molecule has 0 amide bonds. The van der Waals surface area contributed by atoms with E-state index in [1.807, 2.05) is 0 Å². The molecule has 1 unspecified atom stereocenters. The maximum atomic E-state index is 5.75. The molecule has 0 saturated carbocycles. The van der Waals surface area contributed by atoms with Gasteiger partial charge in [-0.2, -0.15) is 0 Å². The normalized spacial score (nSPS) is 27.0. The number of nitrogens with two attached hydrogens (primary N) is 1. The smallest absolute Gasteiger partial charge is 0.0596 e. The molecule has 1 aliphatic rings. The molecule has 1 rings (SSSR count). The van der Waals surface area contributed by atoms with Crippen LogP contribution < -0.4 is 5.73 Å². The molecule has 1 atom stereocenters. The van der Waals surface area contributed by atoms with Gasteiger partial charge >= 0.3 is 0 Å². The fourth-order valence-corrected chi connectivity index (χ4v) is 1.90. The topological polar surface area (TPSA) is 38.5 Å². The zero-order chi connectivity index (χ0) is 10.6. The van der Waals surface area contributed by atoms with E-state index in [4.69, 9.17) is 10.5 Å². The summed E-state index contributed by atoms with van der Waals surface area (Å²) >= 11 is 0. The summed E-state index contributed by atoms with van der Waals surface area (Å²) in [6.45, 7) is 11.4. The summed E-state index contributed by atoms with van der Waals surface area (Å²) in [5.74, 6) is 0. The predicted octanol–water partition coefficient (Wildman–Crippen LogP) is 1.50. The first-order valence-electron chi connectivity index (χ1n) is 5.60. The lowest BCUT2D eigenvalue weighted by Gasteiger charge is -2.22. The minimum Gasteiger partial charge on any atom is -0.377 e. The average molecular weight is 237 g/mol. The predicted molar refractivity (Wildman–Crippen MR) is 66.6 cm³/mol. The molecule has 1 saturated heterocycles. The van der Waals surface area contributed by atoms with Crippen LogP contribution in [0.5, 0.6) is 0 Å². The van der Waals surface area contributed by atoms with E-state index in [0.717, 1.165) is 26.2 Å². The van der Waals surface area contributed by atoms with Crippen molar-refractivity contribution in [3.63, 3.8) is 0 Å². The van der Waals surface area contributed by atoms with Crippen LogP contribution in [0.3, 0.4) is 0 Å². The summed E-state index contributed by atoms with van der Waals surface area (Å²) in [4.78, 5) is 2.45. The Bertz CT molecular complexity index is 178. The summed E-state index contributed by atoms with van der Waals surface area (Å²) < 4.78 is 5.53. The SMILES string of the molecule is CC(C)OCCN1CCC(C)(CN)C1.Cl. The van der Waals surface area contributed by atoms with Gasteiger partial charge in [0, 0.05) is 13.1 Å². The van der Waals surface area contributed by atoms with Crippen molar-refractivity contribution in [2.45, 2.75) is 33.3 Å². The fraction of sp³-hybridized carbons (Fsp3) is 1.00. The summed E-state index contributed by atoms with van der Waals surface area (Å²) in [5.41, 5.74) is 6.09. The lowest BCUT2D eigenvalue weighted by Crippen LogP contribution is -2.33. The van der Waals surface area contributed by atoms with Crippen molar-refractivity contribution in [1.29, 1.82) is 0 Å². The third-order valence-corrected chi connectivity index (χ3v) is 2.99. The number of hydrogen-bond donors (Lipinski definition) is 1. The molecule has 0 spiro atoms. The van der Waals surface area contributed by atoms with E-state index in [2.05, 4.69) is 25.7 Å². The van der Waals surface area contributed by atoms with Crippen LogP contribution in [-0.4, -0.2) is 43.8 Å². The van der Waals surface area contributed by atoms with E-state index in [0.29, 0.717) is 11.5 Å². The summed E-state index contributed by atoms with van der Waals surface area (Å²) in [6.07, 6.45) is 1.57. The molecular weight excluding hydrogens is 212 g/mol. The Hall–Kier alpha value is 0.170. The van der Waals surface area contributed by atoms with Gasteiger partial charge < -0.3 is 15.4 Å². The second-order valence-electron chi connectivity index (χ2n) is 4.96. The highest BCUT2D eigenvalue weighted by atomic mass is 35.5. The van der Waals surface area contributed by atoms with Gasteiger partial charge in [0.05, 0.1) is 12.7 Å². The van der Waals surface area contributed by atoms with Crippen molar-refractivity contribution in [2.24, 2.45) is 11.1 Å². The number of halogens is 1. The first-order chi connectivity index (χ1) is 6.56. The molecule has 15 heavy (non-hydrogen) atoms. The molecule has 1 aliphatic heterocycles. The number of ether oxygens (including phenoxy) is 1. The Morgan fingerprint density at radius 3 is 2.60 bits per heavy atom. The lowest BCUT2D eigenvalue weighted by molar-refractivity contribution is 0.0617. The fourth-order valence-electron chi connectivity index (χ4n) is 1.90. The second-order valence-corrected chi connectivity index (χ2v) is 4.96. The summed E-state index contributed by atoms with van der Waals surface area (Å²) in [6, 6.07) is 0. The van der Waals surface area contributed by atoms with Crippen molar-refractivity contribution in [1.82, 2.24) is 4.90 Å². The van der Waals surface area contributed by atoms with Crippen LogP contribution in [0.1, 0.15) is 27.2 Å². The van der Waals surface area contributed by atoms with Crippen molar-refractivity contribution in [3.8, 4) is 0 Å². The molecule has 3 nitrogen and oxygen atoms in total. The Morgan fingerprint density at radius 2 is 2.13 bits per heavy atom. The standard InChI is InChI=1S/C11H24N2O.ClH/c1-10(2)14-7-6-13-5-4-11(3,8-12)9-13;/h10H,4-9,12H2,1-3H3;1H. The van der Waals surface area contributed by atoms with E-state index < -0.39 is 0 Å². The van der Waals surface area contributed by atoms with Crippen LogP contribution in [0.25, 0.3) is 0 Å². The van der Waals surface area contributed by atoms with Gasteiger partial charge in [-0.15, -0.1) is 12.4 Å². The second kappa shape index (κ2) is 6.69. The van der Waals surface area contributed by atoms with E-state index in [1.54, 1.807) is 0 Å². The lowest BCUT2D eigenvalue weighted by atomic mass is 9.90. The first kappa shape index (κ1) is 15.2. The Labute approximate surface area is 99.7 Å². The monoisotopic (exact) mass is 236 g/mol. The summed E-state index contributed by atoms with van der Waals surface area (Å²) in [7, 11) is 0. The van der Waals surface area contributed by atoms with Crippen LogP contribution in [-0.2, 0) is 4.74 Å². The molecule has 2 N–H and O–H groups in total. The molecule has 0 aliphatic carbocycles. The van der Waals surface area contributed by atoms with Gasteiger partial charge in [-0.1, -0.05) is 6.92 Å². The maximum Gasteiger partial charge on any atom is 0.0596 e. The van der Waals surface area contributed by atoms with Gasteiger partial charge in [0.2, 0.25) is 0 Å². The van der Waals surface area contributed by atoms with Crippen molar-refractivity contribution in [3.05, 3.63) is 0 Å². The minimum absolute atomic E-state index is 0. The molecule has 0 aromatic rings.